The van der Waals surface area contributed by atoms with Gasteiger partial charge in [-0.1, -0.05) is 23.7 Å². The Kier molecular flexibility index (Phi) is 8.68. The van der Waals surface area contributed by atoms with Gasteiger partial charge in [0, 0.05) is 16.4 Å². The van der Waals surface area contributed by atoms with E-state index in [0.29, 0.717) is 37.9 Å². The molecule has 2 amide bonds. The highest BCUT2D eigenvalue weighted by Gasteiger charge is 2.11. The van der Waals surface area contributed by atoms with Crippen LogP contribution in [0.2, 0.25) is 5.02 Å². The Balaban J connectivity index is 1.61. The first-order chi connectivity index (χ1) is 16.4. The van der Waals surface area contributed by atoms with Crippen LogP contribution in [-0.2, 0) is 9.59 Å². The molecule has 0 aliphatic rings. The zero-order valence-electron chi connectivity index (χ0n) is 18.0. The zero-order valence-corrected chi connectivity index (χ0v) is 20.3. The summed E-state index contributed by atoms with van der Waals surface area (Å²) in [6.07, 6.45) is 1.45. The molecule has 0 saturated carbocycles. The fourth-order valence-electron chi connectivity index (χ4n) is 2.82. The van der Waals surface area contributed by atoms with E-state index in [-0.39, 0.29) is 18.1 Å². The van der Waals surface area contributed by atoms with Gasteiger partial charge in [0.25, 0.3) is 11.8 Å². The molecule has 3 rings (SSSR count). The van der Waals surface area contributed by atoms with Gasteiger partial charge in [0.15, 0.2) is 6.61 Å². The van der Waals surface area contributed by atoms with Crippen molar-refractivity contribution in [1.82, 2.24) is 0 Å². The van der Waals surface area contributed by atoms with E-state index < -0.39 is 5.91 Å². The van der Waals surface area contributed by atoms with E-state index in [4.69, 9.17) is 21.1 Å². The minimum Gasteiger partial charge on any atom is -0.497 e. The van der Waals surface area contributed by atoms with Crippen LogP contribution < -0.4 is 20.1 Å². The first-order valence-corrected chi connectivity index (χ1v) is 11.1. The molecule has 172 valence electrons. The Morgan fingerprint density at radius 3 is 2.47 bits per heavy atom. The number of carbonyl (C=O) groups excluding carboxylic acids is 2. The number of halogens is 2. The summed E-state index contributed by atoms with van der Waals surface area (Å²) in [5.41, 5.74) is 1.62. The molecule has 0 unspecified atom stereocenters. The Morgan fingerprint density at radius 1 is 1.06 bits per heavy atom. The highest BCUT2D eigenvalue weighted by molar-refractivity contribution is 9.10. The normalized spacial score (nSPS) is 10.7. The number of rotatable bonds is 8. The van der Waals surface area contributed by atoms with Crippen LogP contribution in [0.5, 0.6) is 11.5 Å². The van der Waals surface area contributed by atoms with Crippen molar-refractivity contribution in [2.75, 3.05) is 24.4 Å². The van der Waals surface area contributed by atoms with E-state index in [1.165, 1.54) is 6.08 Å². The number of nitrogens with one attached hydrogen (secondary N) is 2. The maximum Gasteiger partial charge on any atom is 0.266 e. The van der Waals surface area contributed by atoms with Crippen molar-refractivity contribution in [1.29, 1.82) is 5.26 Å². The van der Waals surface area contributed by atoms with E-state index in [2.05, 4.69) is 26.6 Å². The molecule has 3 aromatic rings. The van der Waals surface area contributed by atoms with Crippen molar-refractivity contribution >= 4 is 56.8 Å². The largest absolute Gasteiger partial charge is 0.497 e. The monoisotopic (exact) mass is 539 g/mol. The zero-order chi connectivity index (χ0) is 24.5. The van der Waals surface area contributed by atoms with Gasteiger partial charge in [-0.25, -0.2) is 0 Å². The number of hydrogen-bond donors (Lipinski definition) is 2. The molecular formula is C25H19BrClN3O4. The van der Waals surface area contributed by atoms with Crippen LogP contribution in [0.1, 0.15) is 5.56 Å². The highest BCUT2D eigenvalue weighted by atomic mass is 79.9. The van der Waals surface area contributed by atoms with E-state index in [1.807, 2.05) is 6.07 Å². The van der Waals surface area contributed by atoms with Crippen LogP contribution in [0.3, 0.4) is 0 Å². The quantitative estimate of drug-likeness (QED) is 0.283. The maximum absolute atomic E-state index is 12.4. The van der Waals surface area contributed by atoms with Crippen molar-refractivity contribution in [3.63, 3.8) is 0 Å². The van der Waals surface area contributed by atoms with Crippen LogP contribution in [-0.4, -0.2) is 25.5 Å². The van der Waals surface area contributed by atoms with Crippen LogP contribution in [0.4, 0.5) is 11.4 Å². The smallest absolute Gasteiger partial charge is 0.266 e. The topological polar surface area (TPSA) is 100 Å². The van der Waals surface area contributed by atoms with Crippen LogP contribution >= 0.6 is 27.5 Å². The molecule has 0 heterocycles. The molecule has 0 saturated heterocycles. The predicted molar refractivity (Wildman–Crippen MR) is 135 cm³/mol. The van der Waals surface area contributed by atoms with Gasteiger partial charge < -0.3 is 20.1 Å². The number of nitrogens with zero attached hydrogens (tertiary/aromatic N) is 1. The Labute approximate surface area is 210 Å². The molecule has 3 aromatic carbocycles. The summed E-state index contributed by atoms with van der Waals surface area (Å²) in [4.78, 5) is 24.6. The second-order valence-electron chi connectivity index (χ2n) is 6.89. The second-order valence-corrected chi connectivity index (χ2v) is 8.18. The minimum atomic E-state index is -0.559. The van der Waals surface area contributed by atoms with Gasteiger partial charge >= 0.3 is 0 Å². The van der Waals surface area contributed by atoms with Gasteiger partial charge in [-0.05, 0) is 82.2 Å². The lowest BCUT2D eigenvalue weighted by Crippen LogP contribution is -2.20. The summed E-state index contributed by atoms with van der Waals surface area (Å²) in [5.74, 6) is 0.236. The fourth-order valence-corrected chi connectivity index (χ4v) is 3.52. The van der Waals surface area contributed by atoms with Crippen molar-refractivity contribution in [3.05, 3.63) is 87.4 Å². The average molecular weight is 541 g/mol. The molecular weight excluding hydrogens is 522 g/mol. The third kappa shape index (κ3) is 7.10. The Hall–Kier alpha value is -3.80. The van der Waals surface area contributed by atoms with E-state index in [9.17, 15) is 14.9 Å². The van der Waals surface area contributed by atoms with Crippen LogP contribution in [0.25, 0.3) is 6.08 Å². The molecule has 0 atom stereocenters. The van der Waals surface area contributed by atoms with Crippen molar-refractivity contribution in [2.45, 2.75) is 0 Å². The first kappa shape index (κ1) is 24.8. The van der Waals surface area contributed by atoms with Gasteiger partial charge in [0.05, 0.1) is 11.6 Å². The molecule has 0 radical (unpaired) electrons. The van der Waals surface area contributed by atoms with E-state index in [0.717, 1.165) is 0 Å². The number of methoxy groups -OCH3 is 1. The SMILES string of the molecule is COc1ccc(NC(=O)COc2ccc(/C=C(/C#N)C(=O)Nc3cccc(Cl)c3)cc2Br)cc1. The van der Waals surface area contributed by atoms with Gasteiger partial charge in [0.1, 0.15) is 23.1 Å². The number of nitriles is 1. The lowest BCUT2D eigenvalue weighted by atomic mass is 10.1. The van der Waals surface area contributed by atoms with Crippen LogP contribution in [0.15, 0.2) is 76.8 Å². The molecule has 0 aliphatic heterocycles. The van der Waals surface area contributed by atoms with Gasteiger partial charge in [-0.15, -0.1) is 0 Å². The molecule has 7 nitrogen and oxygen atoms in total. The number of amides is 2. The molecule has 0 aromatic heterocycles. The first-order valence-electron chi connectivity index (χ1n) is 9.93. The molecule has 0 spiro atoms. The van der Waals surface area contributed by atoms with Crippen LogP contribution in [0, 0.1) is 11.3 Å². The maximum atomic E-state index is 12.4. The molecule has 34 heavy (non-hydrogen) atoms. The highest BCUT2D eigenvalue weighted by Crippen LogP contribution is 2.27. The van der Waals surface area contributed by atoms with Gasteiger partial charge in [-0.2, -0.15) is 5.26 Å². The summed E-state index contributed by atoms with van der Waals surface area (Å²) < 4.78 is 11.2. The second kappa shape index (κ2) is 11.9. The average Bonchev–Trinajstić information content (AvgIpc) is 2.82. The minimum absolute atomic E-state index is 0.0839. The number of anilines is 2. The Bertz CT molecular complexity index is 1270. The molecule has 0 bridgehead atoms. The van der Waals surface area contributed by atoms with E-state index in [1.54, 1.807) is 73.8 Å². The predicted octanol–water partition coefficient (Wildman–Crippen LogP) is 5.67. The Morgan fingerprint density at radius 2 is 1.82 bits per heavy atom. The number of benzene rings is 3. The number of ether oxygens (including phenoxy) is 2. The van der Waals surface area contributed by atoms with Gasteiger partial charge in [0.2, 0.25) is 0 Å². The third-order valence-corrected chi connectivity index (χ3v) is 5.30. The summed E-state index contributed by atoms with van der Waals surface area (Å²) in [6.45, 7) is -0.203. The number of carbonyl (C=O) groups is 2. The summed E-state index contributed by atoms with van der Waals surface area (Å²) >= 11 is 9.32. The van der Waals surface area contributed by atoms with Crippen molar-refractivity contribution in [3.8, 4) is 17.6 Å². The summed E-state index contributed by atoms with van der Waals surface area (Å²) in [7, 11) is 1.57. The molecule has 0 aliphatic carbocycles. The van der Waals surface area contributed by atoms with Crippen molar-refractivity contribution < 1.29 is 19.1 Å². The van der Waals surface area contributed by atoms with Gasteiger partial charge in [-0.3, -0.25) is 9.59 Å². The lowest BCUT2D eigenvalue weighted by molar-refractivity contribution is -0.118. The standard InChI is InChI=1S/C25H19BrClN3O4/c1-33-21-8-6-19(7-9-21)29-24(31)15-34-23-10-5-16(12-22(23)26)11-17(14-28)25(32)30-20-4-2-3-18(27)13-20/h2-13H,15H2,1H3,(H,29,31)(H,30,32)/b17-11-. The molecule has 2 N–H and O–H groups in total. The lowest BCUT2D eigenvalue weighted by Gasteiger charge is -2.10. The van der Waals surface area contributed by atoms with Crippen molar-refractivity contribution in [2.24, 2.45) is 0 Å². The molecule has 9 heteroatoms. The summed E-state index contributed by atoms with van der Waals surface area (Å²) in [6, 6.07) is 20.5. The fraction of sp³-hybridized carbons (Fsp3) is 0.0800. The summed E-state index contributed by atoms with van der Waals surface area (Å²) in [5, 5.41) is 15.3. The third-order valence-electron chi connectivity index (χ3n) is 4.45. The number of hydrogen-bond acceptors (Lipinski definition) is 5. The van der Waals surface area contributed by atoms with E-state index >= 15 is 0 Å². The molecule has 0 fully saturated rings.